The van der Waals surface area contributed by atoms with E-state index in [1.54, 1.807) is 18.2 Å². The lowest BCUT2D eigenvalue weighted by molar-refractivity contribution is -0.123. The number of benzene rings is 1. The molecule has 80 valence electrons. The molecule has 1 aliphatic rings. The van der Waals surface area contributed by atoms with E-state index in [1.165, 1.54) is 4.90 Å². The zero-order valence-corrected chi connectivity index (χ0v) is 9.29. The van der Waals surface area contributed by atoms with E-state index in [-0.39, 0.29) is 5.91 Å². The Balaban J connectivity index is 2.34. The summed E-state index contributed by atoms with van der Waals surface area (Å²) in [4.78, 5) is 13.0. The van der Waals surface area contributed by atoms with Crippen LogP contribution in [0.15, 0.2) is 18.2 Å². The van der Waals surface area contributed by atoms with Crippen molar-refractivity contribution in [1.29, 1.82) is 0 Å². The number of amides is 1. The van der Waals surface area contributed by atoms with E-state index < -0.39 is 6.10 Å². The topological polar surface area (TPSA) is 40.5 Å². The van der Waals surface area contributed by atoms with E-state index in [1.807, 2.05) is 0 Å². The largest absolute Gasteiger partial charge is 0.383 e. The molecule has 1 heterocycles. The van der Waals surface area contributed by atoms with Crippen molar-refractivity contribution in [3.05, 3.63) is 28.2 Å². The van der Waals surface area contributed by atoms with Gasteiger partial charge in [-0.25, -0.2) is 0 Å². The number of hydrogen-bond acceptors (Lipinski definition) is 2. The monoisotopic (exact) mass is 245 g/mol. The second kappa shape index (κ2) is 4.00. The summed E-state index contributed by atoms with van der Waals surface area (Å²) in [5, 5.41) is 10.3. The molecular formula is C10H9Cl2NO2. The molecule has 1 saturated heterocycles. The van der Waals surface area contributed by atoms with Gasteiger partial charge in [-0.2, -0.15) is 0 Å². The van der Waals surface area contributed by atoms with Crippen LogP contribution in [0.4, 0.5) is 5.69 Å². The summed E-state index contributed by atoms with van der Waals surface area (Å²) in [5.74, 6) is -0.298. The molecule has 1 amide bonds. The summed E-state index contributed by atoms with van der Waals surface area (Å²) in [7, 11) is 0. The summed E-state index contributed by atoms with van der Waals surface area (Å²) < 4.78 is 0. The van der Waals surface area contributed by atoms with Gasteiger partial charge in [0.2, 0.25) is 0 Å². The van der Waals surface area contributed by atoms with Gasteiger partial charge in [0, 0.05) is 28.7 Å². The van der Waals surface area contributed by atoms with Gasteiger partial charge in [-0.3, -0.25) is 4.79 Å². The number of aliphatic hydroxyl groups excluding tert-OH is 1. The van der Waals surface area contributed by atoms with Crippen molar-refractivity contribution >= 4 is 34.8 Å². The molecule has 1 atom stereocenters. The molecule has 0 radical (unpaired) electrons. The molecule has 15 heavy (non-hydrogen) atoms. The maximum Gasteiger partial charge on any atom is 0.255 e. The molecule has 0 saturated carbocycles. The van der Waals surface area contributed by atoms with Gasteiger partial charge in [0.05, 0.1) is 0 Å². The van der Waals surface area contributed by atoms with Crippen LogP contribution in [-0.2, 0) is 4.79 Å². The number of carbonyl (C=O) groups excluding carboxylic acids is 1. The van der Waals surface area contributed by atoms with Crippen LogP contribution in [-0.4, -0.2) is 23.7 Å². The Labute approximate surface area is 97.2 Å². The molecule has 5 heteroatoms. The molecule has 1 N–H and O–H groups in total. The van der Waals surface area contributed by atoms with Gasteiger partial charge in [-0.05, 0) is 18.2 Å². The van der Waals surface area contributed by atoms with Gasteiger partial charge in [0.1, 0.15) is 6.10 Å². The van der Waals surface area contributed by atoms with E-state index in [2.05, 4.69) is 0 Å². The molecule has 1 fully saturated rings. The van der Waals surface area contributed by atoms with Crippen molar-refractivity contribution in [2.45, 2.75) is 12.5 Å². The minimum Gasteiger partial charge on any atom is -0.383 e. The first-order valence-electron chi connectivity index (χ1n) is 4.53. The predicted octanol–water partition coefficient (Wildman–Crippen LogP) is 2.09. The van der Waals surface area contributed by atoms with Crippen LogP contribution in [0.2, 0.25) is 10.0 Å². The summed E-state index contributed by atoms with van der Waals surface area (Å²) in [6.07, 6.45) is -0.453. The van der Waals surface area contributed by atoms with Crippen LogP contribution < -0.4 is 4.90 Å². The van der Waals surface area contributed by atoms with Crippen molar-refractivity contribution in [1.82, 2.24) is 0 Å². The van der Waals surface area contributed by atoms with Crippen LogP contribution in [0.5, 0.6) is 0 Å². The SMILES string of the molecule is O=C1C(O)CCN1c1cc(Cl)cc(Cl)c1. The summed E-state index contributed by atoms with van der Waals surface area (Å²) in [5.41, 5.74) is 0.633. The molecular weight excluding hydrogens is 237 g/mol. The van der Waals surface area contributed by atoms with Crippen LogP contribution in [0.25, 0.3) is 0 Å². The molecule has 0 aliphatic carbocycles. The maximum atomic E-state index is 11.5. The number of carbonyl (C=O) groups is 1. The number of halogens is 2. The second-order valence-electron chi connectivity index (χ2n) is 3.42. The highest BCUT2D eigenvalue weighted by atomic mass is 35.5. The Morgan fingerprint density at radius 2 is 1.87 bits per heavy atom. The van der Waals surface area contributed by atoms with Gasteiger partial charge in [0.25, 0.3) is 5.91 Å². The van der Waals surface area contributed by atoms with Gasteiger partial charge in [-0.15, -0.1) is 0 Å². The van der Waals surface area contributed by atoms with Gasteiger partial charge >= 0.3 is 0 Å². The van der Waals surface area contributed by atoms with Crippen molar-refractivity contribution in [2.75, 3.05) is 11.4 Å². The minimum atomic E-state index is -0.900. The zero-order valence-electron chi connectivity index (χ0n) is 7.78. The molecule has 0 aromatic heterocycles. The van der Waals surface area contributed by atoms with E-state index in [4.69, 9.17) is 23.2 Å². The third-order valence-corrected chi connectivity index (χ3v) is 2.77. The van der Waals surface area contributed by atoms with Crippen LogP contribution in [0.3, 0.4) is 0 Å². The number of anilines is 1. The Morgan fingerprint density at radius 1 is 1.27 bits per heavy atom. The number of hydrogen-bond donors (Lipinski definition) is 1. The lowest BCUT2D eigenvalue weighted by Crippen LogP contribution is -2.28. The highest BCUT2D eigenvalue weighted by Gasteiger charge is 2.30. The number of aliphatic hydroxyl groups is 1. The molecule has 2 rings (SSSR count). The summed E-state index contributed by atoms with van der Waals surface area (Å²) in [6.45, 7) is 0.497. The summed E-state index contributed by atoms with van der Waals surface area (Å²) in [6, 6.07) is 4.91. The lowest BCUT2D eigenvalue weighted by atomic mass is 10.3. The smallest absolute Gasteiger partial charge is 0.255 e. The van der Waals surface area contributed by atoms with Crippen LogP contribution in [0, 0.1) is 0 Å². The lowest BCUT2D eigenvalue weighted by Gasteiger charge is -2.16. The molecule has 0 spiro atoms. The minimum absolute atomic E-state index is 0.298. The average Bonchev–Trinajstić information content (AvgIpc) is 2.46. The molecule has 1 aromatic rings. The van der Waals surface area contributed by atoms with E-state index in [0.29, 0.717) is 28.7 Å². The normalized spacial score (nSPS) is 21.1. The Bertz CT molecular complexity index is 388. The second-order valence-corrected chi connectivity index (χ2v) is 4.29. The third-order valence-electron chi connectivity index (χ3n) is 2.34. The van der Waals surface area contributed by atoms with E-state index >= 15 is 0 Å². The third kappa shape index (κ3) is 2.09. The average molecular weight is 246 g/mol. The fourth-order valence-corrected chi connectivity index (χ4v) is 2.13. The van der Waals surface area contributed by atoms with E-state index in [9.17, 15) is 9.90 Å². The molecule has 3 nitrogen and oxygen atoms in total. The first-order chi connectivity index (χ1) is 7.08. The summed E-state index contributed by atoms with van der Waals surface area (Å²) >= 11 is 11.7. The fourth-order valence-electron chi connectivity index (χ4n) is 1.62. The standard InChI is InChI=1S/C10H9Cl2NO2/c11-6-3-7(12)5-8(4-6)13-2-1-9(14)10(13)15/h3-5,9,14H,1-2H2. The quantitative estimate of drug-likeness (QED) is 0.824. The highest BCUT2D eigenvalue weighted by Crippen LogP contribution is 2.28. The van der Waals surface area contributed by atoms with Crippen LogP contribution >= 0.6 is 23.2 Å². The number of rotatable bonds is 1. The Kier molecular flexibility index (Phi) is 2.87. The van der Waals surface area contributed by atoms with Crippen molar-refractivity contribution in [3.8, 4) is 0 Å². The fraction of sp³-hybridized carbons (Fsp3) is 0.300. The maximum absolute atomic E-state index is 11.5. The predicted molar refractivity (Wildman–Crippen MR) is 59.4 cm³/mol. The number of nitrogens with zero attached hydrogens (tertiary/aromatic N) is 1. The first kappa shape index (κ1) is 10.7. The van der Waals surface area contributed by atoms with Crippen molar-refractivity contribution < 1.29 is 9.90 Å². The van der Waals surface area contributed by atoms with Gasteiger partial charge in [-0.1, -0.05) is 23.2 Å². The van der Waals surface area contributed by atoms with Crippen molar-refractivity contribution in [3.63, 3.8) is 0 Å². The Morgan fingerprint density at radius 3 is 2.33 bits per heavy atom. The molecule has 1 aromatic carbocycles. The Hall–Kier alpha value is -0.770. The zero-order chi connectivity index (χ0) is 11.0. The molecule has 1 unspecified atom stereocenters. The van der Waals surface area contributed by atoms with Crippen molar-refractivity contribution in [2.24, 2.45) is 0 Å². The van der Waals surface area contributed by atoms with Gasteiger partial charge in [0.15, 0.2) is 0 Å². The first-order valence-corrected chi connectivity index (χ1v) is 5.29. The van der Waals surface area contributed by atoms with Crippen LogP contribution in [0.1, 0.15) is 6.42 Å². The van der Waals surface area contributed by atoms with Gasteiger partial charge < -0.3 is 10.0 Å². The molecule has 0 bridgehead atoms. The highest BCUT2D eigenvalue weighted by molar-refractivity contribution is 6.35. The van der Waals surface area contributed by atoms with E-state index in [0.717, 1.165) is 0 Å². The molecule has 1 aliphatic heterocycles.